The Kier molecular flexibility index (Phi) is 11.7. The van der Waals surface area contributed by atoms with Crippen molar-refractivity contribution < 1.29 is 23.9 Å². The quantitative estimate of drug-likeness (QED) is 0.239. The molecule has 0 unspecified atom stereocenters. The van der Waals surface area contributed by atoms with Gasteiger partial charge in [-0.05, 0) is 81.5 Å². The third kappa shape index (κ3) is 8.81. The lowest BCUT2D eigenvalue weighted by Gasteiger charge is -2.37. The van der Waals surface area contributed by atoms with Gasteiger partial charge in [0.15, 0.2) is 6.61 Å². The Morgan fingerprint density at radius 3 is 2.20 bits per heavy atom. The van der Waals surface area contributed by atoms with Gasteiger partial charge in [0.2, 0.25) is 5.91 Å². The molecule has 0 spiro atoms. The molecule has 0 saturated carbocycles. The molecule has 4 amide bonds. The van der Waals surface area contributed by atoms with Crippen molar-refractivity contribution in [1.82, 2.24) is 20.4 Å². The lowest BCUT2D eigenvalue weighted by Crippen LogP contribution is -2.59. The maximum atomic E-state index is 14.1. The average molecular weight is 669 g/mol. The fraction of sp³-hybridized carbons (Fsp3) is 0.475. The Morgan fingerprint density at radius 2 is 1.59 bits per heavy atom. The van der Waals surface area contributed by atoms with E-state index in [1.807, 2.05) is 101 Å². The fourth-order valence-electron chi connectivity index (χ4n) is 7.45. The number of benzene rings is 3. The highest BCUT2D eigenvalue weighted by Gasteiger charge is 2.50. The van der Waals surface area contributed by atoms with Gasteiger partial charge in [-0.2, -0.15) is 0 Å². The zero-order chi connectivity index (χ0) is 35.1. The number of hydrogen-bond acceptors (Lipinski definition) is 5. The largest absolute Gasteiger partial charge is 0.483 e. The van der Waals surface area contributed by atoms with Crippen LogP contribution in [0.25, 0.3) is 0 Å². The van der Waals surface area contributed by atoms with Crippen LogP contribution in [0.4, 0.5) is 4.79 Å². The van der Waals surface area contributed by atoms with Crippen molar-refractivity contribution in [2.75, 3.05) is 19.7 Å². The van der Waals surface area contributed by atoms with Gasteiger partial charge in [0, 0.05) is 19.1 Å². The highest BCUT2D eigenvalue weighted by molar-refractivity contribution is 5.88. The first-order chi connectivity index (χ1) is 23.4. The van der Waals surface area contributed by atoms with E-state index in [4.69, 9.17) is 9.47 Å². The maximum Gasteiger partial charge on any atom is 0.318 e. The first-order valence-corrected chi connectivity index (χ1v) is 17.6. The van der Waals surface area contributed by atoms with Crippen LogP contribution in [0, 0.1) is 19.8 Å². The number of para-hydroxylation sites is 1. The Labute approximate surface area is 291 Å². The van der Waals surface area contributed by atoms with Crippen molar-refractivity contribution in [2.24, 2.45) is 5.92 Å². The smallest absolute Gasteiger partial charge is 0.318 e. The second-order valence-electron chi connectivity index (χ2n) is 14.2. The number of nitrogens with one attached hydrogen (secondary N) is 2. The molecule has 2 fully saturated rings. The molecule has 4 atom stereocenters. The van der Waals surface area contributed by atoms with E-state index >= 15 is 0 Å². The van der Waals surface area contributed by atoms with Crippen molar-refractivity contribution in [2.45, 2.75) is 97.2 Å². The molecule has 49 heavy (non-hydrogen) atoms. The first-order valence-electron chi connectivity index (χ1n) is 17.6. The van der Waals surface area contributed by atoms with Gasteiger partial charge in [-0.25, -0.2) is 4.79 Å². The average Bonchev–Trinajstić information content (AvgIpc) is 3.30. The van der Waals surface area contributed by atoms with Gasteiger partial charge in [0.25, 0.3) is 5.91 Å². The molecule has 0 aliphatic carbocycles. The van der Waals surface area contributed by atoms with Gasteiger partial charge in [0.05, 0.1) is 12.1 Å². The zero-order valence-electron chi connectivity index (χ0n) is 29.8. The number of aryl methyl sites for hydroxylation is 2. The molecular formula is C40H52N4O5. The van der Waals surface area contributed by atoms with Crippen LogP contribution in [0.3, 0.4) is 0 Å². The molecule has 2 aliphatic rings. The molecule has 5 rings (SSSR count). The van der Waals surface area contributed by atoms with Crippen LogP contribution in [0.15, 0.2) is 78.9 Å². The number of carbonyl (C=O) groups is 3. The van der Waals surface area contributed by atoms with Crippen LogP contribution >= 0.6 is 0 Å². The van der Waals surface area contributed by atoms with Crippen molar-refractivity contribution in [3.05, 3.63) is 101 Å². The summed E-state index contributed by atoms with van der Waals surface area (Å²) in [4.78, 5) is 44.6. The summed E-state index contributed by atoms with van der Waals surface area (Å²) in [6.45, 7) is 12.8. The van der Waals surface area contributed by atoms with Crippen LogP contribution in [-0.2, 0) is 27.2 Å². The van der Waals surface area contributed by atoms with Crippen molar-refractivity contribution in [3.63, 3.8) is 0 Å². The predicted molar refractivity (Wildman–Crippen MR) is 191 cm³/mol. The number of carbonyl (C=O) groups excluding carboxylic acids is 3. The maximum absolute atomic E-state index is 14.1. The molecule has 9 heteroatoms. The molecule has 262 valence electrons. The summed E-state index contributed by atoms with van der Waals surface area (Å²) in [6.07, 6.45) is 2.03. The van der Waals surface area contributed by atoms with E-state index in [0.717, 1.165) is 34.4 Å². The Morgan fingerprint density at radius 1 is 0.959 bits per heavy atom. The van der Waals surface area contributed by atoms with Crippen LogP contribution in [0.1, 0.15) is 62.8 Å². The first kappa shape index (κ1) is 35.9. The summed E-state index contributed by atoms with van der Waals surface area (Å²) in [5.41, 5.74) is 3.21. The summed E-state index contributed by atoms with van der Waals surface area (Å²) in [6, 6.07) is 24.7. The molecule has 2 N–H and O–H groups in total. The number of rotatable bonds is 13. The van der Waals surface area contributed by atoms with Crippen molar-refractivity contribution >= 4 is 17.8 Å². The van der Waals surface area contributed by atoms with E-state index in [1.54, 1.807) is 4.90 Å². The Hall–Kier alpha value is -4.37. The van der Waals surface area contributed by atoms with Crippen molar-refractivity contribution in [3.8, 4) is 5.75 Å². The lowest BCUT2D eigenvalue weighted by atomic mass is 9.92. The van der Waals surface area contributed by atoms with E-state index in [2.05, 4.69) is 34.9 Å². The fourth-order valence-corrected chi connectivity index (χ4v) is 7.45. The molecule has 2 aliphatic heterocycles. The summed E-state index contributed by atoms with van der Waals surface area (Å²) in [7, 11) is 0. The van der Waals surface area contributed by atoms with Crippen LogP contribution in [-0.4, -0.2) is 77.3 Å². The Bertz CT molecular complexity index is 1560. The number of urea groups is 1. The molecule has 3 aromatic rings. The molecule has 0 bridgehead atoms. The third-order valence-electron chi connectivity index (χ3n) is 9.62. The van der Waals surface area contributed by atoms with Gasteiger partial charge < -0.3 is 29.9 Å². The highest BCUT2D eigenvalue weighted by atomic mass is 16.5. The molecular weight excluding hydrogens is 616 g/mol. The van der Waals surface area contributed by atoms with Crippen LogP contribution < -0.4 is 15.4 Å². The van der Waals surface area contributed by atoms with E-state index < -0.39 is 11.8 Å². The highest BCUT2D eigenvalue weighted by Crippen LogP contribution is 2.37. The zero-order valence-corrected chi connectivity index (χ0v) is 29.8. The minimum atomic E-state index is -0.918. The topological polar surface area (TPSA) is 100 Å². The van der Waals surface area contributed by atoms with Gasteiger partial charge in [0.1, 0.15) is 17.5 Å². The molecule has 3 aromatic carbocycles. The summed E-state index contributed by atoms with van der Waals surface area (Å²) < 4.78 is 12.9. The molecule has 2 saturated heterocycles. The number of ether oxygens (including phenoxy) is 2. The molecule has 0 radical (unpaired) electrons. The van der Waals surface area contributed by atoms with Crippen LogP contribution in [0.2, 0.25) is 0 Å². The van der Waals surface area contributed by atoms with E-state index in [-0.39, 0.29) is 48.6 Å². The number of hydrogen-bond donors (Lipinski definition) is 2. The van der Waals surface area contributed by atoms with Gasteiger partial charge >= 0.3 is 6.03 Å². The second-order valence-corrected chi connectivity index (χ2v) is 14.2. The number of nitrogens with zero attached hydrogens (tertiary/aromatic N) is 2. The van der Waals surface area contributed by atoms with E-state index in [0.29, 0.717) is 32.4 Å². The Balaban J connectivity index is 1.43. The molecule has 2 heterocycles. The standard InChI is InChI=1S/C40H52N4O5/c1-27(2)36(43-22-14-21-41-39(43)47)38(46)42-32(23-30-17-9-7-10-18-30)25-34-33(24-31-19-11-8-12-20-31)44(40(5,6)49-34)35(45)26-48-37-28(3)15-13-16-29(37)4/h7-13,15-20,27,32-34,36H,14,21-26H2,1-6H3,(H,41,47)(H,42,46)/t32-,33-,34-,36-/m0/s1. The van der Waals surface area contributed by atoms with Gasteiger partial charge in [-0.15, -0.1) is 0 Å². The van der Waals surface area contributed by atoms with Gasteiger partial charge in [-0.1, -0.05) is 92.7 Å². The third-order valence-corrected chi connectivity index (χ3v) is 9.62. The minimum Gasteiger partial charge on any atom is -0.483 e. The van der Waals surface area contributed by atoms with E-state index in [1.165, 1.54) is 0 Å². The van der Waals surface area contributed by atoms with Crippen molar-refractivity contribution in [1.29, 1.82) is 0 Å². The summed E-state index contributed by atoms with van der Waals surface area (Å²) in [5.74, 6) is 0.298. The SMILES string of the molecule is Cc1cccc(C)c1OCC(=O)N1[C@@H](Cc2ccccc2)[C@H](C[C@H](Cc2ccccc2)NC(=O)[C@H](C(C)C)N2CCCNC2=O)OC1(C)C. The second kappa shape index (κ2) is 15.9. The molecule has 0 aromatic heterocycles. The normalized spacial score (nSPS) is 20.1. The molecule has 9 nitrogen and oxygen atoms in total. The number of amides is 4. The van der Waals surface area contributed by atoms with Crippen LogP contribution in [0.5, 0.6) is 5.75 Å². The summed E-state index contributed by atoms with van der Waals surface area (Å²) in [5, 5.41) is 6.23. The predicted octanol–water partition coefficient (Wildman–Crippen LogP) is 5.81. The minimum absolute atomic E-state index is 0.0845. The van der Waals surface area contributed by atoms with E-state index in [9.17, 15) is 14.4 Å². The lowest BCUT2D eigenvalue weighted by molar-refractivity contribution is -0.149. The van der Waals surface area contributed by atoms with Gasteiger partial charge in [-0.3, -0.25) is 9.59 Å². The summed E-state index contributed by atoms with van der Waals surface area (Å²) >= 11 is 0. The monoisotopic (exact) mass is 668 g/mol.